The zero-order valence-electron chi connectivity index (χ0n) is 8.30. The first-order chi connectivity index (χ1) is 7.10. The fourth-order valence-corrected chi connectivity index (χ4v) is 2.09. The number of sulfonamides is 1. The van der Waals surface area contributed by atoms with Crippen molar-refractivity contribution in [2.45, 2.75) is 4.90 Å². The van der Waals surface area contributed by atoms with Gasteiger partial charge in [-0.2, -0.15) is 0 Å². The third-order valence-electron chi connectivity index (χ3n) is 1.76. The molecule has 5 nitrogen and oxygen atoms in total. The van der Waals surface area contributed by atoms with Gasteiger partial charge in [0.05, 0.1) is 18.6 Å². The quantitative estimate of drug-likeness (QED) is 0.746. The summed E-state index contributed by atoms with van der Waals surface area (Å²) in [6.07, 6.45) is 0. The normalized spacial score (nSPS) is 11.3. The highest BCUT2D eigenvalue weighted by atomic mass is 32.2. The van der Waals surface area contributed by atoms with Gasteiger partial charge in [0.2, 0.25) is 10.0 Å². The van der Waals surface area contributed by atoms with Crippen molar-refractivity contribution in [1.29, 1.82) is 0 Å². The van der Waals surface area contributed by atoms with Crippen molar-refractivity contribution in [3.05, 3.63) is 24.3 Å². The van der Waals surface area contributed by atoms with E-state index in [0.717, 1.165) is 0 Å². The molecule has 0 saturated carbocycles. The van der Waals surface area contributed by atoms with Crippen molar-refractivity contribution in [1.82, 2.24) is 4.72 Å². The van der Waals surface area contributed by atoms with Gasteiger partial charge in [-0.3, -0.25) is 0 Å². The number of rotatable bonds is 5. The number of hydrogen-bond acceptors (Lipinski definition) is 4. The van der Waals surface area contributed by atoms with E-state index in [9.17, 15) is 8.42 Å². The molecule has 0 heterocycles. The van der Waals surface area contributed by atoms with Gasteiger partial charge in [-0.05, 0) is 12.1 Å². The van der Waals surface area contributed by atoms with Crippen LogP contribution in [0.25, 0.3) is 0 Å². The molecule has 6 heteroatoms. The maximum absolute atomic E-state index is 11.6. The van der Waals surface area contributed by atoms with Gasteiger partial charge >= 0.3 is 0 Å². The smallest absolute Gasteiger partial charge is 0.240 e. The van der Waals surface area contributed by atoms with Crippen LogP contribution < -0.4 is 9.46 Å². The average molecular weight is 231 g/mol. The monoisotopic (exact) mass is 231 g/mol. The third-order valence-corrected chi connectivity index (χ3v) is 3.21. The van der Waals surface area contributed by atoms with Gasteiger partial charge in [-0.1, -0.05) is 6.07 Å². The van der Waals surface area contributed by atoms with Crippen molar-refractivity contribution in [3.8, 4) is 5.75 Å². The Hall–Kier alpha value is -1.11. The van der Waals surface area contributed by atoms with Crippen LogP contribution in [0.2, 0.25) is 0 Å². The Labute approximate surface area is 88.7 Å². The van der Waals surface area contributed by atoms with E-state index in [1.165, 1.54) is 19.2 Å². The first kappa shape index (κ1) is 12.0. The predicted molar refractivity (Wildman–Crippen MR) is 55.3 cm³/mol. The second-order valence-corrected chi connectivity index (χ2v) is 4.57. The summed E-state index contributed by atoms with van der Waals surface area (Å²) in [5.74, 6) is 0.474. The molecule has 0 saturated heterocycles. The minimum Gasteiger partial charge on any atom is -0.497 e. The average Bonchev–Trinajstić information content (AvgIpc) is 2.26. The molecule has 0 aliphatic carbocycles. The molecule has 0 radical (unpaired) electrons. The molecule has 1 rings (SSSR count). The van der Waals surface area contributed by atoms with E-state index in [4.69, 9.17) is 9.84 Å². The number of ether oxygens (including phenoxy) is 1. The summed E-state index contributed by atoms with van der Waals surface area (Å²) in [4.78, 5) is 0.121. The largest absolute Gasteiger partial charge is 0.497 e. The van der Waals surface area contributed by atoms with Crippen LogP contribution in [0, 0.1) is 0 Å². The maximum atomic E-state index is 11.6. The zero-order valence-corrected chi connectivity index (χ0v) is 9.12. The van der Waals surface area contributed by atoms with Crippen LogP contribution in [0.4, 0.5) is 0 Å². The van der Waals surface area contributed by atoms with Crippen LogP contribution in [-0.4, -0.2) is 33.8 Å². The first-order valence-electron chi connectivity index (χ1n) is 4.35. The van der Waals surface area contributed by atoms with Crippen LogP contribution in [0.5, 0.6) is 5.75 Å². The van der Waals surface area contributed by atoms with Crippen LogP contribution in [0.15, 0.2) is 29.2 Å². The van der Waals surface area contributed by atoms with Crippen LogP contribution >= 0.6 is 0 Å². The molecular weight excluding hydrogens is 218 g/mol. The second-order valence-electron chi connectivity index (χ2n) is 2.80. The van der Waals surface area contributed by atoms with E-state index in [-0.39, 0.29) is 18.0 Å². The molecule has 0 aliphatic heterocycles. The van der Waals surface area contributed by atoms with Crippen molar-refractivity contribution in [2.24, 2.45) is 0 Å². The Morgan fingerprint density at radius 1 is 1.47 bits per heavy atom. The molecule has 0 bridgehead atoms. The number of nitrogens with one attached hydrogen (secondary N) is 1. The molecule has 15 heavy (non-hydrogen) atoms. The highest BCUT2D eigenvalue weighted by Crippen LogP contribution is 2.16. The minimum absolute atomic E-state index is 0.000453. The number of aliphatic hydroxyl groups excluding tert-OH is 1. The fourth-order valence-electron chi connectivity index (χ4n) is 1.03. The summed E-state index contributed by atoms with van der Waals surface area (Å²) < 4.78 is 30.3. The van der Waals surface area contributed by atoms with Crippen molar-refractivity contribution < 1.29 is 18.3 Å². The molecule has 0 amide bonds. The third kappa shape index (κ3) is 3.19. The minimum atomic E-state index is -3.55. The van der Waals surface area contributed by atoms with Gasteiger partial charge in [0.15, 0.2) is 0 Å². The molecule has 0 aliphatic rings. The highest BCUT2D eigenvalue weighted by molar-refractivity contribution is 7.89. The summed E-state index contributed by atoms with van der Waals surface area (Å²) in [7, 11) is -2.08. The Morgan fingerprint density at radius 3 is 2.80 bits per heavy atom. The number of hydrogen-bond donors (Lipinski definition) is 2. The standard InChI is InChI=1S/C9H13NO4S/c1-14-8-3-2-4-9(7-8)15(12,13)10-5-6-11/h2-4,7,10-11H,5-6H2,1H3. The Morgan fingerprint density at radius 2 is 2.20 bits per heavy atom. The van der Waals surface area contributed by atoms with Crippen molar-refractivity contribution in [2.75, 3.05) is 20.3 Å². The number of benzene rings is 1. The Bertz CT molecular complexity index is 416. The molecule has 2 N–H and O–H groups in total. The molecule has 0 aromatic heterocycles. The molecule has 0 fully saturated rings. The Balaban J connectivity index is 2.94. The summed E-state index contributed by atoms with van der Waals surface area (Å²) in [5, 5.41) is 8.53. The van der Waals surface area contributed by atoms with Crippen LogP contribution in [0.1, 0.15) is 0 Å². The molecular formula is C9H13NO4S. The maximum Gasteiger partial charge on any atom is 0.240 e. The zero-order chi connectivity index (χ0) is 11.3. The summed E-state index contributed by atoms with van der Waals surface area (Å²) >= 11 is 0. The van der Waals surface area contributed by atoms with E-state index in [1.807, 2.05) is 0 Å². The lowest BCUT2D eigenvalue weighted by Gasteiger charge is -2.06. The van der Waals surface area contributed by atoms with Gasteiger partial charge in [0, 0.05) is 12.6 Å². The molecule has 1 aromatic rings. The summed E-state index contributed by atoms with van der Waals surface area (Å²) in [5.41, 5.74) is 0. The lowest BCUT2D eigenvalue weighted by molar-refractivity contribution is 0.301. The van der Waals surface area contributed by atoms with E-state index in [2.05, 4.69) is 4.72 Å². The van der Waals surface area contributed by atoms with E-state index in [1.54, 1.807) is 12.1 Å². The summed E-state index contributed by atoms with van der Waals surface area (Å²) in [6, 6.07) is 6.12. The molecule has 0 spiro atoms. The molecule has 84 valence electrons. The van der Waals surface area contributed by atoms with Crippen LogP contribution in [0.3, 0.4) is 0 Å². The summed E-state index contributed by atoms with van der Waals surface area (Å²) in [6.45, 7) is -0.233. The second kappa shape index (κ2) is 5.11. The number of methoxy groups -OCH3 is 1. The van der Waals surface area contributed by atoms with Crippen molar-refractivity contribution >= 4 is 10.0 Å². The highest BCUT2D eigenvalue weighted by Gasteiger charge is 2.13. The van der Waals surface area contributed by atoms with Crippen molar-refractivity contribution in [3.63, 3.8) is 0 Å². The first-order valence-corrected chi connectivity index (χ1v) is 5.83. The lowest BCUT2D eigenvalue weighted by Crippen LogP contribution is -2.26. The van der Waals surface area contributed by atoms with Gasteiger partial charge in [-0.25, -0.2) is 13.1 Å². The SMILES string of the molecule is COc1cccc(S(=O)(=O)NCCO)c1. The lowest BCUT2D eigenvalue weighted by atomic mass is 10.3. The fraction of sp³-hybridized carbons (Fsp3) is 0.333. The van der Waals surface area contributed by atoms with Gasteiger partial charge in [0.1, 0.15) is 5.75 Å². The Kier molecular flexibility index (Phi) is 4.07. The topological polar surface area (TPSA) is 75.6 Å². The predicted octanol–water partition coefficient (Wildman–Crippen LogP) is -0.0342. The van der Waals surface area contributed by atoms with Gasteiger partial charge < -0.3 is 9.84 Å². The van der Waals surface area contributed by atoms with Gasteiger partial charge in [0.25, 0.3) is 0 Å². The number of aliphatic hydroxyl groups is 1. The van der Waals surface area contributed by atoms with Gasteiger partial charge in [-0.15, -0.1) is 0 Å². The molecule has 0 unspecified atom stereocenters. The van der Waals surface area contributed by atoms with E-state index in [0.29, 0.717) is 5.75 Å². The van der Waals surface area contributed by atoms with Crippen LogP contribution in [-0.2, 0) is 10.0 Å². The molecule has 1 aromatic carbocycles. The molecule has 0 atom stereocenters. The van der Waals surface area contributed by atoms with E-state index >= 15 is 0 Å². The van der Waals surface area contributed by atoms with E-state index < -0.39 is 10.0 Å².